The predicted octanol–water partition coefficient (Wildman–Crippen LogP) is 3.51. The van der Waals surface area contributed by atoms with E-state index in [-0.39, 0.29) is 23.5 Å². The van der Waals surface area contributed by atoms with E-state index in [1.54, 1.807) is 23.0 Å². The Kier molecular flexibility index (Phi) is 4.61. The van der Waals surface area contributed by atoms with E-state index in [4.69, 9.17) is 0 Å². The van der Waals surface area contributed by atoms with Gasteiger partial charge in [0, 0.05) is 0 Å². The summed E-state index contributed by atoms with van der Waals surface area (Å²) in [6.45, 7) is 5.84. The van der Waals surface area contributed by atoms with Crippen LogP contribution in [-0.2, 0) is 0 Å². The fraction of sp³-hybridized carbons (Fsp3) is 0.211. The number of aryl methyl sites for hydroxylation is 2. The van der Waals surface area contributed by atoms with Crippen molar-refractivity contribution in [2.45, 2.75) is 26.8 Å². The van der Waals surface area contributed by atoms with Gasteiger partial charge in [-0.1, -0.05) is 23.4 Å². The normalized spacial score (nSPS) is 12.0. The number of carbonyl (C=O) groups is 1. The highest BCUT2D eigenvalue weighted by Gasteiger charge is 2.15. The van der Waals surface area contributed by atoms with Gasteiger partial charge in [0.1, 0.15) is 5.82 Å². The number of nitrogens with zero attached hydrogens (tertiary/aromatic N) is 3. The third-order valence-electron chi connectivity index (χ3n) is 3.91. The topological polar surface area (TPSA) is 59.8 Å². The molecule has 0 saturated carbocycles. The predicted molar refractivity (Wildman–Crippen MR) is 93.1 cm³/mol. The lowest BCUT2D eigenvalue weighted by atomic mass is 10.1. The molecule has 1 atom stereocenters. The van der Waals surface area contributed by atoms with Crippen molar-refractivity contribution in [1.29, 1.82) is 0 Å². The van der Waals surface area contributed by atoms with Gasteiger partial charge in [-0.25, -0.2) is 9.07 Å². The minimum atomic E-state index is -0.326. The first-order valence-corrected chi connectivity index (χ1v) is 8.00. The summed E-state index contributed by atoms with van der Waals surface area (Å²) in [5, 5.41) is 10.8. The zero-order valence-corrected chi connectivity index (χ0v) is 14.3. The smallest absolute Gasteiger partial charge is 0.273 e. The van der Waals surface area contributed by atoms with Crippen LogP contribution < -0.4 is 5.32 Å². The number of amides is 1. The molecular weight excluding hydrogens is 319 g/mol. The third-order valence-corrected chi connectivity index (χ3v) is 3.91. The second-order valence-corrected chi connectivity index (χ2v) is 6.14. The van der Waals surface area contributed by atoms with E-state index in [1.165, 1.54) is 12.1 Å². The Bertz CT molecular complexity index is 882. The van der Waals surface area contributed by atoms with E-state index in [1.807, 2.05) is 32.9 Å². The van der Waals surface area contributed by atoms with Crippen LogP contribution in [0.15, 0.2) is 48.7 Å². The number of benzene rings is 2. The molecule has 0 aliphatic carbocycles. The molecule has 0 spiro atoms. The lowest BCUT2D eigenvalue weighted by Gasteiger charge is -2.13. The molecule has 1 N–H and O–H groups in total. The van der Waals surface area contributed by atoms with Gasteiger partial charge in [0.2, 0.25) is 0 Å². The highest BCUT2D eigenvalue weighted by atomic mass is 19.1. The Morgan fingerprint density at radius 3 is 2.40 bits per heavy atom. The monoisotopic (exact) mass is 338 g/mol. The Balaban J connectivity index is 1.75. The van der Waals surface area contributed by atoms with E-state index in [2.05, 4.69) is 21.7 Å². The molecule has 0 fully saturated rings. The molecule has 5 nitrogen and oxygen atoms in total. The number of nitrogens with one attached hydrogen (secondary N) is 1. The van der Waals surface area contributed by atoms with Crippen LogP contribution >= 0.6 is 0 Å². The number of aromatic nitrogens is 3. The van der Waals surface area contributed by atoms with Crippen LogP contribution in [-0.4, -0.2) is 20.9 Å². The fourth-order valence-corrected chi connectivity index (χ4v) is 2.68. The van der Waals surface area contributed by atoms with Crippen molar-refractivity contribution >= 4 is 5.91 Å². The Hall–Kier alpha value is -3.02. The van der Waals surface area contributed by atoms with E-state index < -0.39 is 0 Å². The lowest BCUT2D eigenvalue weighted by Crippen LogP contribution is -2.27. The molecule has 0 saturated heterocycles. The van der Waals surface area contributed by atoms with Crippen molar-refractivity contribution in [1.82, 2.24) is 20.3 Å². The maximum Gasteiger partial charge on any atom is 0.273 e. The SMILES string of the molecule is Cc1cc(C)cc(-n2cc(C(=O)N[C@@H](C)c3ccc(F)cc3)nn2)c1. The van der Waals surface area contributed by atoms with Gasteiger partial charge in [0.15, 0.2) is 5.69 Å². The molecule has 6 heteroatoms. The van der Waals surface area contributed by atoms with Crippen molar-refractivity contribution in [2.24, 2.45) is 0 Å². The van der Waals surface area contributed by atoms with E-state index in [9.17, 15) is 9.18 Å². The van der Waals surface area contributed by atoms with Crippen LogP contribution in [0.4, 0.5) is 4.39 Å². The maximum absolute atomic E-state index is 13.0. The molecule has 2 aromatic carbocycles. The number of halogens is 1. The molecule has 1 heterocycles. The summed E-state index contributed by atoms with van der Waals surface area (Å²) >= 11 is 0. The highest BCUT2D eigenvalue weighted by molar-refractivity contribution is 5.92. The number of carbonyl (C=O) groups excluding carboxylic acids is 1. The van der Waals surface area contributed by atoms with Gasteiger partial charge in [-0.15, -0.1) is 5.10 Å². The molecule has 3 rings (SSSR count). The highest BCUT2D eigenvalue weighted by Crippen LogP contribution is 2.15. The van der Waals surface area contributed by atoms with Gasteiger partial charge in [0.05, 0.1) is 17.9 Å². The van der Waals surface area contributed by atoms with E-state index in [0.29, 0.717) is 0 Å². The van der Waals surface area contributed by atoms with Gasteiger partial charge in [-0.2, -0.15) is 0 Å². The average Bonchev–Trinajstić information content (AvgIpc) is 3.04. The molecule has 0 radical (unpaired) electrons. The van der Waals surface area contributed by atoms with Gasteiger partial charge >= 0.3 is 0 Å². The minimum Gasteiger partial charge on any atom is -0.344 e. The molecule has 25 heavy (non-hydrogen) atoms. The molecule has 3 aromatic rings. The van der Waals surface area contributed by atoms with Crippen LogP contribution in [0, 0.1) is 19.7 Å². The second-order valence-electron chi connectivity index (χ2n) is 6.14. The molecule has 0 bridgehead atoms. The lowest BCUT2D eigenvalue weighted by molar-refractivity contribution is 0.0934. The maximum atomic E-state index is 13.0. The Morgan fingerprint density at radius 1 is 1.12 bits per heavy atom. The summed E-state index contributed by atoms with van der Waals surface area (Å²) in [5.74, 6) is -0.633. The number of hydrogen-bond acceptors (Lipinski definition) is 3. The van der Waals surface area contributed by atoms with Crippen LogP contribution in [0.2, 0.25) is 0 Å². The molecule has 0 aliphatic rings. The Morgan fingerprint density at radius 2 is 1.76 bits per heavy atom. The first-order chi connectivity index (χ1) is 11.9. The van der Waals surface area contributed by atoms with Crippen molar-refractivity contribution < 1.29 is 9.18 Å². The van der Waals surface area contributed by atoms with Crippen molar-refractivity contribution in [3.8, 4) is 5.69 Å². The van der Waals surface area contributed by atoms with Crippen molar-refractivity contribution in [2.75, 3.05) is 0 Å². The summed E-state index contributed by atoms with van der Waals surface area (Å²) in [7, 11) is 0. The molecule has 0 unspecified atom stereocenters. The van der Waals surface area contributed by atoms with Gasteiger partial charge in [0.25, 0.3) is 5.91 Å². The van der Waals surface area contributed by atoms with Crippen LogP contribution in [0.1, 0.15) is 40.1 Å². The summed E-state index contributed by atoms with van der Waals surface area (Å²) in [4.78, 5) is 12.4. The number of rotatable bonds is 4. The second kappa shape index (κ2) is 6.84. The van der Waals surface area contributed by atoms with Crippen molar-refractivity contribution in [3.63, 3.8) is 0 Å². The third kappa shape index (κ3) is 3.91. The minimum absolute atomic E-state index is 0.230. The van der Waals surface area contributed by atoms with Crippen LogP contribution in [0.5, 0.6) is 0 Å². The quantitative estimate of drug-likeness (QED) is 0.792. The molecule has 0 aliphatic heterocycles. The van der Waals surface area contributed by atoms with Gasteiger partial charge < -0.3 is 5.32 Å². The summed E-state index contributed by atoms with van der Waals surface area (Å²) in [6.07, 6.45) is 1.60. The zero-order valence-electron chi connectivity index (χ0n) is 14.3. The molecular formula is C19H19FN4O. The largest absolute Gasteiger partial charge is 0.344 e. The standard InChI is InChI=1S/C19H19FN4O/c1-12-8-13(2)10-17(9-12)24-11-18(22-23-24)19(25)21-14(3)15-4-6-16(20)7-5-15/h4-11,14H,1-3H3,(H,21,25)/t14-/m0/s1. The average molecular weight is 338 g/mol. The van der Waals surface area contributed by atoms with Crippen LogP contribution in [0.3, 0.4) is 0 Å². The summed E-state index contributed by atoms with van der Waals surface area (Å²) in [6, 6.07) is 11.8. The summed E-state index contributed by atoms with van der Waals surface area (Å²) in [5.41, 5.74) is 4.13. The van der Waals surface area contributed by atoms with Gasteiger partial charge in [-0.3, -0.25) is 4.79 Å². The fourth-order valence-electron chi connectivity index (χ4n) is 2.68. The van der Waals surface area contributed by atoms with E-state index >= 15 is 0 Å². The molecule has 1 aromatic heterocycles. The number of hydrogen-bond donors (Lipinski definition) is 1. The molecule has 1 amide bonds. The Labute approximate surface area is 145 Å². The zero-order chi connectivity index (χ0) is 18.0. The van der Waals surface area contributed by atoms with Gasteiger partial charge in [-0.05, 0) is 61.7 Å². The molecule has 128 valence electrons. The first-order valence-electron chi connectivity index (χ1n) is 8.00. The summed E-state index contributed by atoms with van der Waals surface area (Å²) < 4.78 is 14.6. The van der Waals surface area contributed by atoms with Crippen molar-refractivity contribution in [3.05, 3.63) is 76.9 Å². The van der Waals surface area contributed by atoms with E-state index in [0.717, 1.165) is 22.4 Å². The first kappa shape index (κ1) is 16.8. The van der Waals surface area contributed by atoms with Crippen LogP contribution in [0.25, 0.3) is 5.69 Å².